The maximum Gasteiger partial charge on any atom is 0.123 e. The van der Waals surface area contributed by atoms with Crippen LogP contribution in [0.15, 0.2) is 40.9 Å². The van der Waals surface area contributed by atoms with Gasteiger partial charge in [-0.2, -0.15) is 0 Å². The van der Waals surface area contributed by atoms with Gasteiger partial charge in [0.05, 0.1) is 7.11 Å². The van der Waals surface area contributed by atoms with Crippen LogP contribution in [0.1, 0.15) is 5.56 Å². The van der Waals surface area contributed by atoms with Gasteiger partial charge in [-0.1, -0.05) is 6.07 Å². The predicted molar refractivity (Wildman–Crippen MR) is 86.2 cm³/mol. The number of ether oxygens (including phenoxy) is 1. The molecule has 0 aliphatic heterocycles. The molecule has 102 valence electrons. The van der Waals surface area contributed by atoms with E-state index in [4.69, 9.17) is 4.74 Å². The van der Waals surface area contributed by atoms with Crippen LogP contribution in [0.5, 0.6) is 5.75 Å². The lowest BCUT2D eigenvalue weighted by molar-refractivity contribution is 0.415. The molecule has 0 aliphatic rings. The van der Waals surface area contributed by atoms with Gasteiger partial charge in [-0.25, -0.2) is 4.39 Å². The number of rotatable bonds is 2. The summed E-state index contributed by atoms with van der Waals surface area (Å²) in [5.74, 6) is 0.638. The highest BCUT2D eigenvalue weighted by Gasteiger charge is 2.14. The van der Waals surface area contributed by atoms with E-state index >= 15 is 0 Å². The summed E-state index contributed by atoms with van der Waals surface area (Å²) >= 11 is 5.34. The van der Waals surface area contributed by atoms with Crippen molar-refractivity contribution in [3.05, 3.63) is 52.3 Å². The van der Waals surface area contributed by atoms with Gasteiger partial charge in [-0.3, -0.25) is 0 Å². The first-order valence-electron chi connectivity index (χ1n) is 6.12. The van der Waals surface area contributed by atoms with E-state index in [1.807, 2.05) is 31.2 Å². The molecule has 0 atom stereocenters. The summed E-state index contributed by atoms with van der Waals surface area (Å²) in [5, 5.41) is 1.15. The quantitative estimate of drug-likeness (QED) is 0.568. The smallest absolute Gasteiger partial charge is 0.123 e. The minimum Gasteiger partial charge on any atom is -0.497 e. The van der Waals surface area contributed by atoms with Gasteiger partial charge in [-0.15, -0.1) is 11.3 Å². The SMILES string of the molecule is COc1ccc2c(Br)c(-c3ccc(F)cc3C)sc2c1. The van der Waals surface area contributed by atoms with Crippen molar-refractivity contribution in [3.8, 4) is 16.2 Å². The molecule has 0 fully saturated rings. The Labute approximate surface area is 129 Å². The van der Waals surface area contributed by atoms with Crippen molar-refractivity contribution in [2.45, 2.75) is 6.92 Å². The molecule has 20 heavy (non-hydrogen) atoms. The first-order chi connectivity index (χ1) is 9.60. The standard InChI is InChI=1S/C16H12BrFOS/c1-9-7-10(18)3-5-12(9)16-15(17)13-6-4-11(19-2)8-14(13)20-16/h3-8H,1-2H3. The monoisotopic (exact) mass is 350 g/mol. The van der Waals surface area contributed by atoms with Crippen LogP contribution >= 0.6 is 27.3 Å². The third-order valence-corrected chi connectivity index (χ3v) is 5.54. The second kappa shape index (κ2) is 5.19. The Morgan fingerprint density at radius 1 is 1.15 bits per heavy atom. The lowest BCUT2D eigenvalue weighted by Gasteiger charge is -2.04. The second-order valence-electron chi connectivity index (χ2n) is 4.57. The number of halogens is 2. The average molecular weight is 351 g/mol. The molecular formula is C16H12BrFOS. The first kappa shape index (κ1) is 13.6. The molecule has 0 unspecified atom stereocenters. The third-order valence-electron chi connectivity index (χ3n) is 3.27. The zero-order chi connectivity index (χ0) is 14.3. The summed E-state index contributed by atoms with van der Waals surface area (Å²) in [6.45, 7) is 1.93. The molecule has 1 aromatic heterocycles. The molecule has 3 rings (SSSR count). The highest BCUT2D eigenvalue weighted by atomic mass is 79.9. The van der Waals surface area contributed by atoms with E-state index in [0.29, 0.717) is 0 Å². The third kappa shape index (κ3) is 2.23. The Kier molecular flexibility index (Phi) is 3.52. The number of fused-ring (bicyclic) bond motifs is 1. The molecule has 3 aromatic rings. The second-order valence-corrected chi connectivity index (χ2v) is 6.41. The van der Waals surface area contributed by atoms with Crippen molar-refractivity contribution >= 4 is 37.4 Å². The van der Waals surface area contributed by atoms with Crippen molar-refractivity contribution in [1.29, 1.82) is 0 Å². The van der Waals surface area contributed by atoms with Gasteiger partial charge < -0.3 is 4.74 Å². The topological polar surface area (TPSA) is 9.23 Å². The van der Waals surface area contributed by atoms with E-state index in [9.17, 15) is 4.39 Å². The van der Waals surface area contributed by atoms with Gasteiger partial charge in [0.15, 0.2) is 0 Å². The van der Waals surface area contributed by atoms with Crippen molar-refractivity contribution in [2.75, 3.05) is 7.11 Å². The summed E-state index contributed by atoms with van der Waals surface area (Å²) in [6.07, 6.45) is 0. The molecule has 0 radical (unpaired) electrons. The minimum atomic E-state index is -0.204. The van der Waals surface area contributed by atoms with Crippen LogP contribution in [-0.2, 0) is 0 Å². The van der Waals surface area contributed by atoms with Gasteiger partial charge in [0.2, 0.25) is 0 Å². The van der Waals surface area contributed by atoms with Gasteiger partial charge in [-0.05, 0) is 64.3 Å². The summed E-state index contributed by atoms with van der Waals surface area (Å²) < 4.78 is 20.7. The number of thiophene rings is 1. The zero-order valence-corrected chi connectivity index (χ0v) is 13.4. The maximum absolute atomic E-state index is 13.2. The normalized spacial score (nSPS) is 11.0. The van der Waals surface area contributed by atoms with Crippen molar-refractivity contribution < 1.29 is 9.13 Å². The molecule has 4 heteroatoms. The number of hydrogen-bond acceptors (Lipinski definition) is 2. The van der Waals surface area contributed by atoms with E-state index in [2.05, 4.69) is 15.9 Å². The van der Waals surface area contributed by atoms with E-state index in [-0.39, 0.29) is 5.82 Å². The van der Waals surface area contributed by atoms with Crippen LogP contribution in [-0.4, -0.2) is 7.11 Å². The molecule has 0 saturated heterocycles. The lowest BCUT2D eigenvalue weighted by atomic mass is 10.1. The fraction of sp³-hybridized carbons (Fsp3) is 0.125. The van der Waals surface area contributed by atoms with Crippen LogP contribution in [0.25, 0.3) is 20.5 Å². The molecular weight excluding hydrogens is 339 g/mol. The summed E-state index contributed by atoms with van der Waals surface area (Å²) in [4.78, 5) is 1.12. The Morgan fingerprint density at radius 3 is 2.65 bits per heavy atom. The predicted octanol–water partition coefficient (Wildman–Crippen LogP) is 5.79. The number of hydrogen-bond donors (Lipinski definition) is 0. The molecule has 1 heterocycles. The molecule has 0 amide bonds. The number of methoxy groups -OCH3 is 1. The van der Waals surface area contributed by atoms with Crippen LogP contribution in [0.2, 0.25) is 0 Å². The van der Waals surface area contributed by atoms with Gasteiger partial charge >= 0.3 is 0 Å². The molecule has 0 spiro atoms. The lowest BCUT2D eigenvalue weighted by Crippen LogP contribution is -1.83. The van der Waals surface area contributed by atoms with Crippen LogP contribution in [0.3, 0.4) is 0 Å². The maximum atomic E-state index is 13.2. The highest BCUT2D eigenvalue weighted by molar-refractivity contribution is 9.10. The molecule has 0 N–H and O–H groups in total. The number of aryl methyl sites for hydroxylation is 1. The van der Waals surface area contributed by atoms with Gasteiger partial charge in [0.1, 0.15) is 11.6 Å². The molecule has 1 nitrogen and oxygen atoms in total. The highest BCUT2D eigenvalue weighted by Crippen LogP contribution is 2.44. The zero-order valence-electron chi connectivity index (χ0n) is 11.0. The molecule has 0 saturated carbocycles. The van der Waals surface area contributed by atoms with Crippen molar-refractivity contribution in [3.63, 3.8) is 0 Å². The fourth-order valence-electron chi connectivity index (χ4n) is 2.23. The largest absolute Gasteiger partial charge is 0.497 e. The van der Waals surface area contributed by atoms with E-state index in [1.165, 1.54) is 6.07 Å². The van der Waals surface area contributed by atoms with E-state index in [0.717, 1.165) is 36.3 Å². The minimum absolute atomic E-state index is 0.204. The molecule has 2 aromatic carbocycles. The Morgan fingerprint density at radius 2 is 1.95 bits per heavy atom. The van der Waals surface area contributed by atoms with E-state index < -0.39 is 0 Å². The van der Waals surface area contributed by atoms with Crippen molar-refractivity contribution in [2.24, 2.45) is 0 Å². The first-order valence-corrected chi connectivity index (χ1v) is 7.73. The average Bonchev–Trinajstić information content (AvgIpc) is 2.75. The van der Waals surface area contributed by atoms with Crippen LogP contribution in [0, 0.1) is 12.7 Å². The summed E-state index contributed by atoms with van der Waals surface area (Å²) in [7, 11) is 1.66. The fourth-order valence-corrected chi connectivity index (χ4v) is 4.37. The summed E-state index contributed by atoms with van der Waals surface area (Å²) in [6, 6.07) is 10.9. The van der Waals surface area contributed by atoms with Crippen LogP contribution in [0.4, 0.5) is 4.39 Å². The Hall–Kier alpha value is -1.39. The van der Waals surface area contributed by atoms with Gasteiger partial charge in [0, 0.05) is 19.4 Å². The van der Waals surface area contributed by atoms with Crippen LogP contribution < -0.4 is 4.74 Å². The number of benzene rings is 2. The Balaban J connectivity index is 2.23. The molecule has 0 aliphatic carbocycles. The Bertz CT molecular complexity index is 795. The van der Waals surface area contributed by atoms with Gasteiger partial charge in [0.25, 0.3) is 0 Å². The summed E-state index contributed by atoms with van der Waals surface area (Å²) in [5.41, 5.74) is 1.99. The van der Waals surface area contributed by atoms with Crippen molar-refractivity contribution in [1.82, 2.24) is 0 Å². The molecule has 0 bridgehead atoms. The van der Waals surface area contributed by atoms with E-state index in [1.54, 1.807) is 24.5 Å².